The summed E-state index contributed by atoms with van der Waals surface area (Å²) in [6, 6.07) is 13.9. The van der Waals surface area contributed by atoms with Gasteiger partial charge in [-0.05, 0) is 79.7 Å². The lowest BCUT2D eigenvalue weighted by Gasteiger charge is -2.32. The molecule has 1 saturated heterocycles. The Balaban J connectivity index is 0.000000502. The molecule has 0 spiro atoms. The van der Waals surface area contributed by atoms with Crippen LogP contribution in [0.5, 0.6) is 0 Å². The van der Waals surface area contributed by atoms with Gasteiger partial charge in [0.1, 0.15) is 5.82 Å². The van der Waals surface area contributed by atoms with E-state index in [0.29, 0.717) is 6.04 Å². The van der Waals surface area contributed by atoms with Crippen molar-refractivity contribution >= 4 is 16.6 Å². The number of piperidine rings is 1. The second-order valence-corrected chi connectivity index (χ2v) is 9.61. The zero-order valence-electron chi connectivity index (χ0n) is 23.3. The number of hydrogen-bond donors (Lipinski definition) is 2. The van der Waals surface area contributed by atoms with Gasteiger partial charge in [-0.1, -0.05) is 65.5 Å². The molecule has 0 saturated carbocycles. The number of benzene rings is 2. The number of fused-ring (bicyclic) bond motifs is 1. The molecule has 36 heavy (non-hydrogen) atoms. The fraction of sp³-hybridized carbons (Fsp3) is 0.548. The molecule has 4 nitrogen and oxygen atoms in total. The van der Waals surface area contributed by atoms with Crippen molar-refractivity contribution in [3.05, 3.63) is 65.6 Å². The van der Waals surface area contributed by atoms with E-state index in [0.717, 1.165) is 67.7 Å². The number of nitrogens with zero attached hydrogens (tertiary/aromatic N) is 2. The number of likely N-dealkylation sites (tertiary alicyclic amines) is 1. The fourth-order valence-corrected chi connectivity index (χ4v) is 4.57. The Morgan fingerprint density at radius 1 is 0.944 bits per heavy atom. The number of halogens is 1. The van der Waals surface area contributed by atoms with E-state index in [2.05, 4.69) is 60.0 Å². The highest BCUT2D eigenvalue weighted by Crippen LogP contribution is 2.18. The first-order valence-corrected chi connectivity index (χ1v) is 14.0. The molecular formula is C31H49FN4. The van der Waals surface area contributed by atoms with Gasteiger partial charge in [-0.25, -0.2) is 4.39 Å². The van der Waals surface area contributed by atoms with E-state index in [9.17, 15) is 4.39 Å². The summed E-state index contributed by atoms with van der Waals surface area (Å²) < 4.78 is 15.7. The van der Waals surface area contributed by atoms with Crippen LogP contribution >= 0.6 is 0 Å². The molecule has 2 aromatic carbocycles. The molecular weight excluding hydrogens is 447 g/mol. The average Bonchev–Trinajstić information content (AvgIpc) is 3.31. The predicted octanol–water partition coefficient (Wildman–Crippen LogP) is 7.54. The topological polar surface area (TPSA) is 46.2 Å². The van der Waals surface area contributed by atoms with Gasteiger partial charge in [-0.3, -0.25) is 0 Å². The van der Waals surface area contributed by atoms with E-state index in [1.807, 2.05) is 26.0 Å². The first kappa shape index (κ1) is 29.9. The van der Waals surface area contributed by atoms with Gasteiger partial charge in [0.15, 0.2) is 0 Å². The van der Waals surface area contributed by atoms with Crippen LogP contribution in [-0.4, -0.2) is 35.1 Å². The monoisotopic (exact) mass is 496 g/mol. The van der Waals surface area contributed by atoms with Gasteiger partial charge in [0.05, 0.1) is 5.52 Å². The average molecular weight is 497 g/mol. The Morgan fingerprint density at radius 3 is 2.28 bits per heavy atom. The van der Waals surface area contributed by atoms with Crippen LogP contribution in [-0.2, 0) is 13.1 Å². The highest BCUT2D eigenvalue weighted by Gasteiger charge is 2.18. The van der Waals surface area contributed by atoms with E-state index >= 15 is 0 Å². The summed E-state index contributed by atoms with van der Waals surface area (Å²) in [4.78, 5) is 2.51. The van der Waals surface area contributed by atoms with Crippen molar-refractivity contribution in [3.63, 3.8) is 0 Å². The van der Waals surface area contributed by atoms with Crippen LogP contribution in [0.1, 0.15) is 77.3 Å². The minimum atomic E-state index is -0.171. The van der Waals surface area contributed by atoms with Crippen molar-refractivity contribution in [3.8, 4) is 0 Å². The van der Waals surface area contributed by atoms with Gasteiger partial charge >= 0.3 is 0 Å². The van der Waals surface area contributed by atoms with Crippen molar-refractivity contribution < 1.29 is 4.39 Å². The number of anilines is 1. The standard InChI is InChI=1S/C23H29FN4.C6H14.C2H6/c1-17-14-18(2-5-22(17)25)16-26-21-7-9-27(10-8-21)12-13-28-11-6-19-3-4-20(24)15-23(19)28;1-3-5-6-4-2;1-2/h2-6,11,14-15,21,26H,7-10,12-13,16,25H2,1H3;3-6H2,1-2H3;1-2H3. The lowest BCUT2D eigenvalue weighted by molar-refractivity contribution is 0.192. The maximum Gasteiger partial charge on any atom is 0.125 e. The van der Waals surface area contributed by atoms with Crippen LogP contribution in [0.3, 0.4) is 0 Å². The van der Waals surface area contributed by atoms with Gasteiger partial charge < -0.3 is 20.5 Å². The predicted molar refractivity (Wildman–Crippen MR) is 155 cm³/mol. The maximum absolute atomic E-state index is 13.5. The molecule has 0 bridgehead atoms. The quantitative estimate of drug-likeness (QED) is 0.238. The summed E-state index contributed by atoms with van der Waals surface area (Å²) in [7, 11) is 0. The number of aryl methyl sites for hydroxylation is 1. The molecule has 4 rings (SSSR count). The Kier molecular flexibility index (Phi) is 13.6. The first-order chi connectivity index (χ1) is 17.5. The van der Waals surface area contributed by atoms with E-state index in [-0.39, 0.29) is 5.82 Å². The third-order valence-electron chi connectivity index (χ3n) is 6.87. The molecule has 200 valence electrons. The normalized spacial score (nSPS) is 14.2. The molecule has 1 fully saturated rings. The van der Waals surface area contributed by atoms with Crippen molar-refractivity contribution in [1.29, 1.82) is 0 Å². The smallest absolute Gasteiger partial charge is 0.125 e. The molecule has 5 heteroatoms. The number of hydrogen-bond acceptors (Lipinski definition) is 3. The molecule has 2 heterocycles. The molecule has 3 aromatic rings. The minimum Gasteiger partial charge on any atom is -0.399 e. The molecule has 1 aliphatic rings. The van der Waals surface area contributed by atoms with Gasteiger partial charge in [-0.2, -0.15) is 0 Å². The minimum absolute atomic E-state index is 0.171. The number of unbranched alkanes of at least 4 members (excludes halogenated alkanes) is 3. The van der Waals surface area contributed by atoms with Crippen LogP contribution in [0.2, 0.25) is 0 Å². The van der Waals surface area contributed by atoms with Crippen molar-refractivity contribution in [2.24, 2.45) is 0 Å². The second-order valence-electron chi connectivity index (χ2n) is 9.61. The lowest BCUT2D eigenvalue weighted by Crippen LogP contribution is -2.43. The summed E-state index contributed by atoms with van der Waals surface area (Å²) in [5.41, 5.74) is 10.2. The van der Waals surface area contributed by atoms with E-state index in [1.54, 1.807) is 6.07 Å². The summed E-state index contributed by atoms with van der Waals surface area (Å²) in [6.45, 7) is 15.5. The van der Waals surface area contributed by atoms with Gasteiger partial charge in [0, 0.05) is 37.6 Å². The van der Waals surface area contributed by atoms with Crippen LogP contribution in [0.15, 0.2) is 48.7 Å². The summed E-state index contributed by atoms with van der Waals surface area (Å²) >= 11 is 0. The Bertz CT molecular complexity index is 1000. The Morgan fingerprint density at radius 2 is 1.64 bits per heavy atom. The third-order valence-corrected chi connectivity index (χ3v) is 6.87. The van der Waals surface area contributed by atoms with Crippen molar-refractivity contribution in [1.82, 2.24) is 14.8 Å². The van der Waals surface area contributed by atoms with Gasteiger partial charge in [0.2, 0.25) is 0 Å². The van der Waals surface area contributed by atoms with Crippen LogP contribution in [0.25, 0.3) is 10.9 Å². The molecule has 0 aliphatic carbocycles. The largest absolute Gasteiger partial charge is 0.399 e. The molecule has 1 aliphatic heterocycles. The number of rotatable bonds is 9. The molecule has 0 atom stereocenters. The molecule has 0 amide bonds. The van der Waals surface area contributed by atoms with E-state index in [1.165, 1.54) is 37.3 Å². The van der Waals surface area contributed by atoms with Crippen molar-refractivity contribution in [2.45, 2.75) is 92.3 Å². The lowest BCUT2D eigenvalue weighted by atomic mass is 10.0. The number of nitrogen functional groups attached to an aromatic ring is 1. The maximum atomic E-state index is 13.5. The summed E-state index contributed by atoms with van der Waals surface area (Å²) in [6.07, 6.45) is 9.92. The highest BCUT2D eigenvalue weighted by atomic mass is 19.1. The zero-order chi connectivity index (χ0) is 26.3. The van der Waals surface area contributed by atoms with Crippen LogP contribution < -0.4 is 11.1 Å². The second kappa shape index (κ2) is 16.4. The van der Waals surface area contributed by atoms with E-state index < -0.39 is 0 Å². The highest BCUT2D eigenvalue weighted by molar-refractivity contribution is 5.80. The van der Waals surface area contributed by atoms with Crippen LogP contribution in [0, 0.1) is 12.7 Å². The Hall–Kier alpha value is -2.37. The van der Waals surface area contributed by atoms with Crippen LogP contribution in [0.4, 0.5) is 10.1 Å². The first-order valence-electron chi connectivity index (χ1n) is 14.0. The molecule has 1 aromatic heterocycles. The fourth-order valence-electron chi connectivity index (χ4n) is 4.57. The number of nitrogens with two attached hydrogens (primary N) is 1. The summed E-state index contributed by atoms with van der Waals surface area (Å²) in [5, 5.41) is 4.79. The Labute approximate surface area is 219 Å². The number of nitrogens with one attached hydrogen (secondary N) is 1. The summed E-state index contributed by atoms with van der Waals surface area (Å²) in [5.74, 6) is -0.171. The van der Waals surface area contributed by atoms with Gasteiger partial charge in [0.25, 0.3) is 0 Å². The zero-order valence-corrected chi connectivity index (χ0v) is 23.3. The third kappa shape index (κ3) is 9.59. The SMILES string of the molecule is CC.CCCCCC.Cc1cc(CNC2CCN(CCn3ccc4ccc(F)cc43)CC2)ccc1N. The molecule has 0 radical (unpaired) electrons. The van der Waals surface area contributed by atoms with E-state index in [4.69, 9.17) is 5.73 Å². The van der Waals surface area contributed by atoms with Gasteiger partial charge in [-0.15, -0.1) is 0 Å². The number of aromatic nitrogens is 1. The van der Waals surface area contributed by atoms with Crippen molar-refractivity contribution in [2.75, 3.05) is 25.4 Å². The molecule has 0 unspecified atom stereocenters. The molecule has 3 N–H and O–H groups in total.